The number of benzene rings is 1. The molecule has 3 aliphatic heterocycles. The molecular weight excluding hydrogens is 322 g/mol. The van der Waals surface area contributed by atoms with E-state index in [2.05, 4.69) is 15.9 Å². The molecule has 0 N–H and O–H groups in total. The smallest absolute Gasteiger partial charge is 0.240 e. The summed E-state index contributed by atoms with van der Waals surface area (Å²) in [5.41, 5.74) is 1.70. The van der Waals surface area contributed by atoms with Crippen LogP contribution in [0.2, 0.25) is 0 Å². The normalized spacial score (nSPS) is 34.2. The maximum Gasteiger partial charge on any atom is 0.240 e. The van der Waals surface area contributed by atoms with Gasteiger partial charge >= 0.3 is 0 Å². The molecule has 4 atom stereocenters. The van der Waals surface area contributed by atoms with E-state index in [9.17, 15) is 9.59 Å². The number of anilines is 1. The number of nitrogens with zero attached hydrogens (tertiary/aromatic N) is 1. The number of fused-ring (bicyclic) bond motifs is 5. The predicted molar refractivity (Wildman–Crippen MR) is 76.2 cm³/mol. The van der Waals surface area contributed by atoms with Crippen LogP contribution in [0, 0.1) is 18.8 Å². The Balaban J connectivity index is 1.76. The number of carbonyl (C=O) groups excluding carboxylic acids is 2. The second-order valence-electron chi connectivity index (χ2n) is 5.45. The number of hydrogen-bond acceptors (Lipinski definition) is 3. The molecule has 2 amide bonds. The molecule has 1 aromatic rings. The fraction of sp³-hybridized carbons (Fsp3) is 0.333. The molecule has 1 aromatic carbocycles. The van der Waals surface area contributed by atoms with Gasteiger partial charge in [0.2, 0.25) is 11.8 Å². The van der Waals surface area contributed by atoms with E-state index in [1.807, 2.05) is 37.3 Å². The Morgan fingerprint density at radius 2 is 1.70 bits per heavy atom. The highest BCUT2D eigenvalue weighted by Crippen LogP contribution is 2.46. The summed E-state index contributed by atoms with van der Waals surface area (Å²) in [5.74, 6) is -0.990. The number of imide groups is 1. The molecule has 0 saturated carbocycles. The zero-order valence-corrected chi connectivity index (χ0v) is 12.3. The molecule has 2 bridgehead atoms. The Bertz CT molecular complexity index is 639. The first-order valence-electron chi connectivity index (χ1n) is 6.55. The molecule has 0 spiro atoms. The van der Waals surface area contributed by atoms with Crippen molar-refractivity contribution in [1.29, 1.82) is 0 Å². The minimum atomic E-state index is -0.349. The van der Waals surface area contributed by atoms with Crippen LogP contribution in [-0.4, -0.2) is 24.0 Å². The highest BCUT2D eigenvalue weighted by molar-refractivity contribution is 9.10. The summed E-state index contributed by atoms with van der Waals surface area (Å²) in [5, 5.41) is 0. The first-order valence-corrected chi connectivity index (χ1v) is 7.35. The molecule has 5 heteroatoms. The van der Waals surface area contributed by atoms with Crippen molar-refractivity contribution in [2.24, 2.45) is 11.8 Å². The second-order valence-corrected chi connectivity index (χ2v) is 6.30. The lowest BCUT2D eigenvalue weighted by atomic mass is 9.85. The fourth-order valence-corrected chi connectivity index (χ4v) is 3.65. The summed E-state index contributed by atoms with van der Waals surface area (Å²) in [4.78, 5) is 26.4. The number of aryl methyl sites for hydroxylation is 1. The van der Waals surface area contributed by atoms with Gasteiger partial charge in [-0.1, -0.05) is 34.1 Å². The van der Waals surface area contributed by atoms with Crippen molar-refractivity contribution in [3.8, 4) is 0 Å². The Labute approximate surface area is 124 Å². The predicted octanol–water partition coefficient (Wildman–Crippen LogP) is 2.20. The number of amides is 2. The van der Waals surface area contributed by atoms with Crippen molar-refractivity contribution in [2.45, 2.75) is 19.1 Å². The Morgan fingerprint density at radius 1 is 1.10 bits per heavy atom. The van der Waals surface area contributed by atoms with Crippen LogP contribution in [0.5, 0.6) is 0 Å². The van der Waals surface area contributed by atoms with Crippen LogP contribution >= 0.6 is 15.9 Å². The molecule has 3 aliphatic rings. The molecule has 4 rings (SSSR count). The average molecular weight is 334 g/mol. The molecule has 102 valence electrons. The monoisotopic (exact) mass is 333 g/mol. The van der Waals surface area contributed by atoms with E-state index in [1.54, 1.807) is 0 Å². The maximum atomic E-state index is 12.6. The topological polar surface area (TPSA) is 46.6 Å². The molecule has 0 radical (unpaired) electrons. The molecule has 0 aromatic heterocycles. The van der Waals surface area contributed by atoms with Gasteiger partial charge in [-0.2, -0.15) is 0 Å². The van der Waals surface area contributed by atoms with Crippen LogP contribution in [0.4, 0.5) is 5.69 Å². The number of carbonyl (C=O) groups is 2. The second kappa shape index (κ2) is 4.02. The molecule has 2 fully saturated rings. The largest absolute Gasteiger partial charge is 0.365 e. The van der Waals surface area contributed by atoms with Crippen molar-refractivity contribution in [2.75, 3.05) is 4.90 Å². The van der Waals surface area contributed by atoms with Crippen LogP contribution in [0.3, 0.4) is 0 Å². The lowest BCUT2D eigenvalue weighted by Crippen LogP contribution is -2.34. The highest BCUT2D eigenvalue weighted by atomic mass is 79.9. The summed E-state index contributed by atoms with van der Waals surface area (Å²) < 4.78 is 6.51. The molecule has 20 heavy (non-hydrogen) atoms. The van der Waals surface area contributed by atoms with E-state index < -0.39 is 0 Å². The van der Waals surface area contributed by atoms with Crippen LogP contribution < -0.4 is 4.90 Å². The summed E-state index contributed by atoms with van der Waals surface area (Å²) in [6, 6.07) is 5.53. The first kappa shape index (κ1) is 12.3. The molecule has 0 unspecified atom stereocenters. The van der Waals surface area contributed by atoms with Gasteiger partial charge in [-0.05, 0) is 24.6 Å². The van der Waals surface area contributed by atoms with Gasteiger partial charge in [-0.15, -0.1) is 0 Å². The third kappa shape index (κ3) is 1.45. The van der Waals surface area contributed by atoms with E-state index in [-0.39, 0.29) is 35.9 Å². The SMILES string of the molecule is Cc1ccc(N2C(=O)[C@@H]3[C@H](C2=O)[C@H]2C=C[C@@H]3O2)cc1Br. The van der Waals surface area contributed by atoms with Gasteiger partial charge in [-0.25, -0.2) is 4.90 Å². The Hall–Kier alpha value is -1.46. The van der Waals surface area contributed by atoms with Crippen LogP contribution in [-0.2, 0) is 14.3 Å². The summed E-state index contributed by atoms with van der Waals surface area (Å²) in [7, 11) is 0. The quantitative estimate of drug-likeness (QED) is 0.584. The highest BCUT2D eigenvalue weighted by Gasteiger charge is 2.60. The van der Waals surface area contributed by atoms with E-state index >= 15 is 0 Å². The third-order valence-electron chi connectivity index (χ3n) is 4.32. The fourth-order valence-electron chi connectivity index (χ4n) is 3.28. The zero-order chi connectivity index (χ0) is 14.0. The summed E-state index contributed by atoms with van der Waals surface area (Å²) >= 11 is 3.44. The van der Waals surface area contributed by atoms with Crippen molar-refractivity contribution in [3.63, 3.8) is 0 Å². The molecule has 4 nitrogen and oxygen atoms in total. The Kier molecular flexibility index (Phi) is 2.47. The van der Waals surface area contributed by atoms with Crippen LogP contribution in [0.25, 0.3) is 0 Å². The van der Waals surface area contributed by atoms with Gasteiger partial charge in [0.1, 0.15) is 0 Å². The van der Waals surface area contributed by atoms with E-state index in [4.69, 9.17) is 4.74 Å². The van der Waals surface area contributed by atoms with Crippen molar-refractivity contribution >= 4 is 33.4 Å². The summed E-state index contributed by atoms with van der Waals surface area (Å²) in [6.45, 7) is 1.97. The molecule has 3 heterocycles. The molecule has 2 saturated heterocycles. The lowest BCUT2D eigenvalue weighted by Gasteiger charge is -2.18. The maximum absolute atomic E-state index is 12.6. The number of halogens is 1. The van der Waals surface area contributed by atoms with Crippen molar-refractivity contribution in [1.82, 2.24) is 0 Å². The average Bonchev–Trinajstić information content (AvgIpc) is 3.08. The summed E-state index contributed by atoms with van der Waals surface area (Å²) in [6.07, 6.45) is 3.32. The zero-order valence-electron chi connectivity index (χ0n) is 10.7. The standard InChI is InChI=1S/C15H12BrNO3/c1-7-2-3-8(6-9(7)16)17-14(18)12-10-4-5-11(20-10)13(12)15(17)19/h2-6,10-13H,1H3/t10-,11+,12-,13+. The van der Waals surface area contributed by atoms with Crippen LogP contribution in [0.15, 0.2) is 34.8 Å². The van der Waals surface area contributed by atoms with Crippen molar-refractivity contribution in [3.05, 3.63) is 40.4 Å². The number of hydrogen-bond donors (Lipinski definition) is 0. The number of rotatable bonds is 1. The van der Waals surface area contributed by atoms with Gasteiger partial charge in [0.25, 0.3) is 0 Å². The van der Waals surface area contributed by atoms with E-state index in [0.29, 0.717) is 5.69 Å². The van der Waals surface area contributed by atoms with E-state index in [0.717, 1.165) is 10.0 Å². The number of ether oxygens (including phenoxy) is 1. The molecular formula is C15H12BrNO3. The van der Waals surface area contributed by atoms with E-state index in [1.165, 1.54) is 4.90 Å². The van der Waals surface area contributed by atoms with Crippen LogP contribution in [0.1, 0.15) is 5.56 Å². The minimum absolute atomic E-state index is 0.146. The third-order valence-corrected chi connectivity index (χ3v) is 5.18. The van der Waals surface area contributed by atoms with Gasteiger partial charge in [0, 0.05) is 4.47 Å². The molecule has 0 aliphatic carbocycles. The first-order chi connectivity index (χ1) is 9.58. The van der Waals surface area contributed by atoms with Crippen molar-refractivity contribution < 1.29 is 14.3 Å². The lowest BCUT2D eigenvalue weighted by molar-refractivity contribution is -0.124. The van der Waals surface area contributed by atoms with Gasteiger partial charge in [0.15, 0.2) is 0 Å². The van der Waals surface area contributed by atoms with Gasteiger partial charge < -0.3 is 4.74 Å². The Morgan fingerprint density at radius 3 is 2.25 bits per heavy atom. The minimum Gasteiger partial charge on any atom is -0.365 e. The van der Waals surface area contributed by atoms with Gasteiger partial charge in [-0.3, -0.25) is 9.59 Å². The van der Waals surface area contributed by atoms with Gasteiger partial charge in [0.05, 0.1) is 29.7 Å².